The number of anilines is 1. The van der Waals surface area contributed by atoms with Crippen LogP contribution in [0.15, 0.2) is 48.8 Å². The summed E-state index contributed by atoms with van der Waals surface area (Å²) < 4.78 is 1.50. The highest BCUT2D eigenvalue weighted by atomic mass is 16.2. The topological polar surface area (TPSA) is 93.0 Å². The molecule has 0 spiro atoms. The predicted molar refractivity (Wildman–Crippen MR) is 107 cm³/mol. The minimum absolute atomic E-state index is 0.0244. The molecule has 3 aromatic rings. The first-order valence-electron chi connectivity index (χ1n) is 9.57. The van der Waals surface area contributed by atoms with Gasteiger partial charge in [-0.2, -0.15) is 0 Å². The van der Waals surface area contributed by atoms with Crippen LogP contribution in [0.25, 0.3) is 0 Å². The number of hydrogen-bond acceptors (Lipinski definition) is 5. The molecule has 0 radical (unpaired) electrons. The molecule has 0 fully saturated rings. The summed E-state index contributed by atoms with van der Waals surface area (Å²) in [5.41, 5.74) is 4.62. The van der Waals surface area contributed by atoms with Gasteiger partial charge in [-0.3, -0.25) is 9.59 Å². The maximum absolute atomic E-state index is 13.0. The van der Waals surface area contributed by atoms with Crippen LogP contribution in [0.1, 0.15) is 33.5 Å². The number of rotatable bonds is 5. The number of hydrogen-bond donors (Lipinski definition) is 1. The van der Waals surface area contributed by atoms with E-state index in [0.29, 0.717) is 30.9 Å². The van der Waals surface area contributed by atoms with Gasteiger partial charge in [0, 0.05) is 30.8 Å². The third-order valence-electron chi connectivity index (χ3n) is 5.14. The van der Waals surface area contributed by atoms with E-state index >= 15 is 0 Å². The van der Waals surface area contributed by atoms with Crippen molar-refractivity contribution >= 4 is 17.5 Å². The summed E-state index contributed by atoms with van der Waals surface area (Å²) in [6, 6.07) is 13.7. The predicted octanol–water partition coefficient (Wildman–Crippen LogP) is 2.21. The number of tetrazole rings is 1. The molecular formula is C21H22N6O2. The number of aromatic nitrogens is 4. The van der Waals surface area contributed by atoms with Gasteiger partial charge in [0.05, 0.1) is 6.54 Å². The molecule has 0 bridgehead atoms. The largest absolute Gasteiger partial charge is 0.334 e. The summed E-state index contributed by atoms with van der Waals surface area (Å²) in [6.07, 6.45) is 2.56. The number of carbonyl (C=O) groups excluding carboxylic acids is 2. The quantitative estimate of drug-likeness (QED) is 0.721. The van der Waals surface area contributed by atoms with Gasteiger partial charge in [-0.15, -0.1) is 5.10 Å². The Hall–Kier alpha value is -3.55. The number of fused-ring (bicyclic) bond motifs is 1. The summed E-state index contributed by atoms with van der Waals surface area (Å²) in [6.45, 7) is 3.60. The van der Waals surface area contributed by atoms with E-state index in [1.807, 2.05) is 36.1 Å². The molecule has 1 N–H and O–H groups in total. The summed E-state index contributed by atoms with van der Waals surface area (Å²) in [5.74, 6) is -0.177. The minimum atomic E-state index is -0.153. The van der Waals surface area contributed by atoms with Gasteiger partial charge in [-0.05, 0) is 52.6 Å². The highest BCUT2D eigenvalue weighted by Crippen LogP contribution is 2.23. The maximum atomic E-state index is 13.0. The number of amides is 2. The van der Waals surface area contributed by atoms with Crippen LogP contribution < -0.4 is 5.32 Å². The third-order valence-corrected chi connectivity index (χ3v) is 5.14. The normalized spacial score (nSPS) is 13.1. The van der Waals surface area contributed by atoms with Crippen molar-refractivity contribution in [2.24, 2.45) is 0 Å². The van der Waals surface area contributed by atoms with Gasteiger partial charge in [0.25, 0.3) is 5.91 Å². The Morgan fingerprint density at radius 1 is 1.14 bits per heavy atom. The number of benzene rings is 2. The molecule has 0 atom stereocenters. The summed E-state index contributed by atoms with van der Waals surface area (Å²) in [4.78, 5) is 27.2. The molecule has 0 aliphatic carbocycles. The van der Waals surface area contributed by atoms with E-state index in [0.717, 1.165) is 12.0 Å². The first-order chi connectivity index (χ1) is 14.1. The molecule has 0 unspecified atom stereocenters. The highest BCUT2D eigenvalue weighted by Gasteiger charge is 2.22. The average Bonchev–Trinajstić information content (AvgIpc) is 3.27. The second kappa shape index (κ2) is 8.22. The van der Waals surface area contributed by atoms with E-state index in [-0.39, 0.29) is 18.2 Å². The molecule has 4 rings (SSSR count). The van der Waals surface area contributed by atoms with Crippen LogP contribution in [0.3, 0.4) is 0 Å². The second-order valence-corrected chi connectivity index (χ2v) is 7.15. The zero-order valence-corrected chi connectivity index (χ0v) is 16.2. The van der Waals surface area contributed by atoms with E-state index in [2.05, 4.69) is 33.0 Å². The molecule has 1 aromatic heterocycles. The summed E-state index contributed by atoms with van der Waals surface area (Å²) in [7, 11) is 0. The van der Waals surface area contributed by atoms with Crippen LogP contribution >= 0.6 is 0 Å². The number of carbonyl (C=O) groups is 2. The van der Waals surface area contributed by atoms with Crippen molar-refractivity contribution in [1.29, 1.82) is 0 Å². The Balaban J connectivity index is 1.43. The van der Waals surface area contributed by atoms with Crippen molar-refractivity contribution < 1.29 is 9.59 Å². The number of nitrogens with one attached hydrogen (secondary N) is 1. The van der Waals surface area contributed by atoms with Crippen LogP contribution in [-0.2, 0) is 24.3 Å². The van der Waals surface area contributed by atoms with Crippen LogP contribution in [0.4, 0.5) is 5.69 Å². The molecule has 8 nitrogen and oxygen atoms in total. The van der Waals surface area contributed by atoms with Crippen molar-refractivity contribution in [3.8, 4) is 0 Å². The van der Waals surface area contributed by atoms with Gasteiger partial charge in [0.2, 0.25) is 5.91 Å². The van der Waals surface area contributed by atoms with E-state index in [1.54, 1.807) is 6.07 Å². The molecule has 1 aliphatic heterocycles. The van der Waals surface area contributed by atoms with Crippen LogP contribution in [0.2, 0.25) is 0 Å². The van der Waals surface area contributed by atoms with Crippen LogP contribution in [-0.4, -0.2) is 43.5 Å². The zero-order valence-electron chi connectivity index (χ0n) is 16.2. The highest BCUT2D eigenvalue weighted by molar-refractivity contribution is 5.97. The molecular weight excluding hydrogens is 368 g/mol. The van der Waals surface area contributed by atoms with E-state index in [1.165, 1.54) is 22.1 Å². The number of nitrogens with zero attached hydrogens (tertiary/aromatic N) is 5. The molecule has 8 heteroatoms. The van der Waals surface area contributed by atoms with Crippen molar-refractivity contribution in [3.05, 3.63) is 71.0 Å². The first-order valence-corrected chi connectivity index (χ1v) is 9.57. The molecule has 2 aromatic carbocycles. The second-order valence-electron chi connectivity index (χ2n) is 7.15. The zero-order chi connectivity index (χ0) is 20.2. The lowest BCUT2D eigenvalue weighted by Gasteiger charge is -2.29. The maximum Gasteiger partial charge on any atom is 0.254 e. The summed E-state index contributed by atoms with van der Waals surface area (Å²) >= 11 is 0. The first kappa shape index (κ1) is 18.8. The average molecular weight is 390 g/mol. The van der Waals surface area contributed by atoms with Crippen molar-refractivity contribution in [2.45, 2.75) is 32.9 Å². The Morgan fingerprint density at radius 2 is 1.97 bits per heavy atom. The van der Waals surface area contributed by atoms with E-state index < -0.39 is 0 Å². The molecule has 2 heterocycles. The third kappa shape index (κ3) is 4.31. The van der Waals surface area contributed by atoms with E-state index in [9.17, 15) is 9.59 Å². The minimum Gasteiger partial charge on any atom is -0.334 e. The lowest BCUT2D eigenvalue weighted by Crippen LogP contribution is -2.36. The van der Waals surface area contributed by atoms with Crippen molar-refractivity contribution in [2.75, 3.05) is 11.9 Å². The standard InChI is InChI=1S/C21H22N6O2/c1-15-6-7-17(12-19(15)23-20(28)9-11-27-14-22-24-25-27)21(29)26-10-8-16-4-2-3-5-18(16)13-26/h2-7,12,14H,8-11,13H2,1H3,(H,23,28). The van der Waals surface area contributed by atoms with E-state index in [4.69, 9.17) is 0 Å². The molecule has 0 saturated heterocycles. The fourth-order valence-corrected chi connectivity index (χ4v) is 3.45. The molecule has 0 saturated carbocycles. The van der Waals surface area contributed by atoms with Gasteiger partial charge >= 0.3 is 0 Å². The lowest BCUT2D eigenvalue weighted by molar-refractivity contribution is -0.116. The smallest absolute Gasteiger partial charge is 0.254 e. The molecule has 29 heavy (non-hydrogen) atoms. The lowest BCUT2D eigenvalue weighted by atomic mass is 9.99. The van der Waals surface area contributed by atoms with Crippen molar-refractivity contribution in [3.63, 3.8) is 0 Å². The Bertz CT molecular complexity index is 1030. The van der Waals surface area contributed by atoms with Gasteiger partial charge in [0.15, 0.2) is 0 Å². The Kier molecular flexibility index (Phi) is 5.33. The molecule has 148 valence electrons. The molecule has 2 amide bonds. The summed E-state index contributed by atoms with van der Waals surface area (Å²) in [5, 5.41) is 13.7. The monoisotopic (exact) mass is 390 g/mol. The van der Waals surface area contributed by atoms with Gasteiger partial charge in [0.1, 0.15) is 6.33 Å². The molecule has 1 aliphatic rings. The van der Waals surface area contributed by atoms with Crippen LogP contribution in [0.5, 0.6) is 0 Å². The number of aryl methyl sites for hydroxylation is 2. The van der Waals surface area contributed by atoms with Gasteiger partial charge in [-0.1, -0.05) is 30.3 Å². The fraction of sp³-hybridized carbons (Fsp3) is 0.286. The van der Waals surface area contributed by atoms with Crippen molar-refractivity contribution in [1.82, 2.24) is 25.1 Å². The van der Waals surface area contributed by atoms with Crippen LogP contribution in [0, 0.1) is 6.92 Å². The van der Waals surface area contributed by atoms with Gasteiger partial charge in [-0.25, -0.2) is 4.68 Å². The van der Waals surface area contributed by atoms with Gasteiger partial charge < -0.3 is 10.2 Å². The Morgan fingerprint density at radius 3 is 2.76 bits per heavy atom. The fourth-order valence-electron chi connectivity index (χ4n) is 3.45. The SMILES string of the molecule is Cc1ccc(C(=O)N2CCc3ccccc3C2)cc1NC(=O)CCn1cnnn1. The Labute approximate surface area is 168 Å².